The van der Waals surface area contributed by atoms with Crippen LogP contribution in [0.4, 0.5) is 0 Å². The summed E-state index contributed by atoms with van der Waals surface area (Å²) in [7, 11) is 0. The molecule has 5 nitrogen and oxygen atoms in total. The van der Waals surface area contributed by atoms with E-state index in [1.807, 2.05) is 0 Å². The van der Waals surface area contributed by atoms with Gasteiger partial charge < -0.3 is 16.8 Å². The number of thiophene rings is 1. The molecule has 0 radical (unpaired) electrons. The second-order valence-electron chi connectivity index (χ2n) is 4.60. The fraction of sp³-hybridized carbons (Fsp3) is 0.500. The number of nitrogens with two attached hydrogens (primary N) is 2. The molecule has 18 heavy (non-hydrogen) atoms. The normalized spacial score (nSPS) is 12.4. The maximum absolute atomic E-state index is 11.9. The van der Waals surface area contributed by atoms with Gasteiger partial charge in [0.1, 0.15) is 0 Å². The first-order valence-corrected chi connectivity index (χ1v) is 6.71. The monoisotopic (exact) mass is 269 g/mol. The van der Waals surface area contributed by atoms with Crippen LogP contribution in [-0.4, -0.2) is 24.4 Å². The maximum Gasteiger partial charge on any atom is 0.261 e. The molecule has 6 heteroatoms. The minimum absolute atomic E-state index is 0.0448. The molecule has 1 aromatic heterocycles. The number of hydrogen-bond acceptors (Lipinski definition) is 4. The van der Waals surface area contributed by atoms with Crippen molar-refractivity contribution in [3.8, 4) is 0 Å². The van der Waals surface area contributed by atoms with Crippen molar-refractivity contribution in [2.45, 2.75) is 26.3 Å². The van der Waals surface area contributed by atoms with Crippen LogP contribution in [0.15, 0.2) is 11.4 Å². The van der Waals surface area contributed by atoms with E-state index >= 15 is 0 Å². The molecular formula is C12H19N3O2S. The van der Waals surface area contributed by atoms with E-state index in [0.29, 0.717) is 22.9 Å². The number of primary amides is 1. The Labute approximate surface area is 111 Å². The van der Waals surface area contributed by atoms with Crippen LogP contribution in [0.5, 0.6) is 0 Å². The Morgan fingerprint density at radius 3 is 2.56 bits per heavy atom. The Balaban J connectivity index is 2.65. The van der Waals surface area contributed by atoms with Crippen molar-refractivity contribution in [2.24, 2.45) is 17.4 Å². The van der Waals surface area contributed by atoms with Crippen LogP contribution in [-0.2, 0) is 0 Å². The summed E-state index contributed by atoms with van der Waals surface area (Å²) >= 11 is 1.20. The van der Waals surface area contributed by atoms with E-state index < -0.39 is 5.91 Å². The predicted molar refractivity (Wildman–Crippen MR) is 72.6 cm³/mol. The average Bonchev–Trinajstić information content (AvgIpc) is 2.76. The van der Waals surface area contributed by atoms with Gasteiger partial charge in [-0.2, -0.15) is 0 Å². The highest BCUT2D eigenvalue weighted by atomic mass is 32.1. The van der Waals surface area contributed by atoms with E-state index in [4.69, 9.17) is 11.5 Å². The fourth-order valence-electron chi connectivity index (χ4n) is 1.62. The molecule has 0 aromatic carbocycles. The molecule has 0 aliphatic rings. The number of hydrogen-bond donors (Lipinski definition) is 3. The van der Waals surface area contributed by atoms with Crippen LogP contribution in [0.3, 0.4) is 0 Å². The van der Waals surface area contributed by atoms with Gasteiger partial charge in [0, 0.05) is 18.0 Å². The second kappa shape index (κ2) is 6.51. The SMILES string of the molecule is CC(C)CC(CN)NC(=O)c1cc(C(N)=O)cs1. The van der Waals surface area contributed by atoms with Crippen molar-refractivity contribution in [1.29, 1.82) is 0 Å². The molecule has 1 unspecified atom stereocenters. The zero-order valence-corrected chi connectivity index (χ0v) is 11.4. The van der Waals surface area contributed by atoms with E-state index in [-0.39, 0.29) is 11.9 Å². The molecule has 0 spiro atoms. The third-order valence-electron chi connectivity index (χ3n) is 2.48. The fourth-order valence-corrected chi connectivity index (χ4v) is 2.42. The van der Waals surface area contributed by atoms with Crippen LogP contribution in [0.2, 0.25) is 0 Å². The van der Waals surface area contributed by atoms with Gasteiger partial charge in [-0.25, -0.2) is 0 Å². The first-order valence-electron chi connectivity index (χ1n) is 5.83. The van der Waals surface area contributed by atoms with E-state index in [1.165, 1.54) is 17.4 Å². The highest BCUT2D eigenvalue weighted by Crippen LogP contribution is 2.15. The molecule has 0 bridgehead atoms. The van der Waals surface area contributed by atoms with Crippen LogP contribution < -0.4 is 16.8 Å². The van der Waals surface area contributed by atoms with Crippen LogP contribution in [0.1, 0.15) is 40.3 Å². The van der Waals surface area contributed by atoms with Crippen LogP contribution in [0.25, 0.3) is 0 Å². The molecule has 1 atom stereocenters. The van der Waals surface area contributed by atoms with Crippen molar-refractivity contribution in [3.63, 3.8) is 0 Å². The highest BCUT2D eigenvalue weighted by molar-refractivity contribution is 7.12. The first-order chi connectivity index (χ1) is 8.43. The molecule has 100 valence electrons. The summed E-state index contributed by atoms with van der Waals surface area (Å²) in [4.78, 5) is 23.3. The van der Waals surface area contributed by atoms with Gasteiger partial charge in [0.25, 0.3) is 5.91 Å². The average molecular weight is 269 g/mol. The number of carbonyl (C=O) groups excluding carboxylic acids is 2. The Kier molecular flexibility index (Phi) is 5.30. The highest BCUT2D eigenvalue weighted by Gasteiger charge is 2.16. The molecule has 0 fully saturated rings. The van der Waals surface area contributed by atoms with Crippen molar-refractivity contribution in [2.75, 3.05) is 6.54 Å². The zero-order valence-electron chi connectivity index (χ0n) is 10.6. The van der Waals surface area contributed by atoms with E-state index in [0.717, 1.165) is 6.42 Å². The third-order valence-corrected chi connectivity index (χ3v) is 3.41. The maximum atomic E-state index is 11.9. The number of nitrogens with one attached hydrogen (secondary N) is 1. The van der Waals surface area contributed by atoms with Crippen molar-refractivity contribution in [3.05, 3.63) is 21.9 Å². The summed E-state index contributed by atoms with van der Waals surface area (Å²) in [6.07, 6.45) is 0.830. The lowest BCUT2D eigenvalue weighted by Crippen LogP contribution is -2.40. The molecule has 0 aliphatic heterocycles. The molecule has 1 rings (SSSR count). The summed E-state index contributed by atoms with van der Waals surface area (Å²) in [5, 5.41) is 4.44. The van der Waals surface area contributed by atoms with Gasteiger partial charge in [-0.05, 0) is 18.4 Å². The van der Waals surface area contributed by atoms with Gasteiger partial charge in [0.2, 0.25) is 5.91 Å². The van der Waals surface area contributed by atoms with E-state index in [1.54, 1.807) is 5.38 Å². The summed E-state index contributed by atoms with van der Waals surface area (Å²) in [6, 6.07) is 1.46. The third kappa shape index (κ3) is 4.12. The van der Waals surface area contributed by atoms with Crippen molar-refractivity contribution >= 4 is 23.2 Å². The quantitative estimate of drug-likeness (QED) is 0.717. The van der Waals surface area contributed by atoms with Gasteiger partial charge in [-0.3, -0.25) is 9.59 Å². The van der Waals surface area contributed by atoms with Crippen molar-refractivity contribution in [1.82, 2.24) is 5.32 Å². The van der Waals surface area contributed by atoms with Crippen LogP contribution in [0, 0.1) is 5.92 Å². The Morgan fingerprint density at radius 2 is 2.11 bits per heavy atom. The van der Waals surface area contributed by atoms with Gasteiger partial charge >= 0.3 is 0 Å². The molecule has 0 aliphatic carbocycles. The number of carbonyl (C=O) groups is 2. The Hall–Kier alpha value is -1.40. The summed E-state index contributed by atoms with van der Waals surface area (Å²) < 4.78 is 0. The smallest absolute Gasteiger partial charge is 0.261 e. The van der Waals surface area contributed by atoms with Crippen LogP contribution >= 0.6 is 11.3 Å². The molecule has 2 amide bonds. The molecule has 0 saturated heterocycles. The van der Waals surface area contributed by atoms with E-state index in [9.17, 15) is 9.59 Å². The van der Waals surface area contributed by atoms with Gasteiger partial charge in [0.15, 0.2) is 0 Å². The zero-order chi connectivity index (χ0) is 13.7. The number of rotatable bonds is 6. The van der Waals surface area contributed by atoms with Gasteiger partial charge in [0.05, 0.1) is 10.4 Å². The summed E-state index contributed by atoms with van der Waals surface area (Å²) in [6.45, 7) is 4.55. The standard InChI is InChI=1S/C12H19N3O2S/c1-7(2)3-9(5-13)15-12(17)10-4-8(6-18-10)11(14)16/h4,6-7,9H,3,5,13H2,1-2H3,(H2,14,16)(H,15,17). The summed E-state index contributed by atoms with van der Waals surface area (Å²) in [5.74, 6) is -0.269. The number of amides is 2. The lowest BCUT2D eigenvalue weighted by molar-refractivity contribution is 0.0938. The van der Waals surface area contributed by atoms with E-state index in [2.05, 4.69) is 19.2 Å². The topological polar surface area (TPSA) is 98.2 Å². The minimum atomic E-state index is -0.525. The Bertz CT molecular complexity index is 429. The molecule has 5 N–H and O–H groups in total. The van der Waals surface area contributed by atoms with Gasteiger partial charge in [-0.15, -0.1) is 11.3 Å². The molecule has 0 saturated carbocycles. The largest absolute Gasteiger partial charge is 0.366 e. The molecule has 1 heterocycles. The van der Waals surface area contributed by atoms with Gasteiger partial charge in [-0.1, -0.05) is 13.8 Å². The van der Waals surface area contributed by atoms with Crippen molar-refractivity contribution < 1.29 is 9.59 Å². The predicted octanol–water partition coefficient (Wildman–Crippen LogP) is 0.950. The molecule has 1 aromatic rings. The minimum Gasteiger partial charge on any atom is -0.366 e. The lowest BCUT2D eigenvalue weighted by atomic mass is 10.0. The molecular weight excluding hydrogens is 250 g/mol. The summed E-state index contributed by atoms with van der Waals surface area (Å²) in [5.41, 5.74) is 11.1. The Morgan fingerprint density at radius 1 is 1.44 bits per heavy atom. The second-order valence-corrected chi connectivity index (χ2v) is 5.51. The first kappa shape index (κ1) is 14.7. The lowest BCUT2D eigenvalue weighted by Gasteiger charge is -2.18.